The van der Waals surface area contributed by atoms with Gasteiger partial charge in [-0.1, -0.05) is 6.92 Å². The largest absolute Gasteiger partial charge is 0.481 e. The van der Waals surface area contributed by atoms with Crippen LogP contribution in [0.15, 0.2) is 6.33 Å². The van der Waals surface area contributed by atoms with Crippen LogP contribution in [0.3, 0.4) is 0 Å². The lowest BCUT2D eigenvalue weighted by molar-refractivity contribution is 0.251. The summed E-state index contributed by atoms with van der Waals surface area (Å²) in [6, 6.07) is 0.598. The molecule has 6 heteroatoms. The summed E-state index contributed by atoms with van der Waals surface area (Å²) in [6.07, 6.45) is 2.60. The fourth-order valence-electron chi connectivity index (χ4n) is 1.88. The highest BCUT2D eigenvalue weighted by Crippen LogP contribution is 2.22. The molecule has 0 aromatic carbocycles. The summed E-state index contributed by atoms with van der Waals surface area (Å²) in [6.45, 7) is 6.94. The van der Waals surface area contributed by atoms with Crippen molar-refractivity contribution in [3.8, 4) is 11.8 Å². The van der Waals surface area contributed by atoms with Crippen LogP contribution in [-0.4, -0.2) is 55.3 Å². The van der Waals surface area contributed by atoms with Crippen molar-refractivity contribution in [2.24, 2.45) is 0 Å². The molecule has 20 heavy (non-hydrogen) atoms. The third kappa shape index (κ3) is 4.61. The molecule has 0 bridgehead atoms. The maximum atomic E-state index is 5.24. The summed E-state index contributed by atoms with van der Waals surface area (Å²) in [7, 11) is 5.34. The van der Waals surface area contributed by atoms with E-state index in [0.29, 0.717) is 24.3 Å². The highest BCUT2D eigenvalue weighted by Gasteiger charge is 2.12. The second-order valence-corrected chi connectivity index (χ2v) is 4.79. The van der Waals surface area contributed by atoms with Crippen molar-refractivity contribution in [2.45, 2.75) is 32.9 Å². The van der Waals surface area contributed by atoms with Gasteiger partial charge in [0.2, 0.25) is 11.8 Å². The molecule has 0 fully saturated rings. The van der Waals surface area contributed by atoms with E-state index in [4.69, 9.17) is 9.47 Å². The first-order valence-corrected chi connectivity index (χ1v) is 6.96. The first-order valence-electron chi connectivity index (χ1n) is 6.96. The number of rotatable bonds is 9. The highest BCUT2D eigenvalue weighted by molar-refractivity contribution is 5.34. The molecule has 6 nitrogen and oxygen atoms in total. The number of hydrogen-bond acceptors (Lipinski definition) is 6. The van der Waals surface area contributed by atoms with Gasteiger partial charge < -0.3 is 19.7 Å². The highest BCUT2D eigenvalue weighted by atomic mass is 16.5. The van der Waals surface area contributed by atoms with Crippen molar-refractivity contribution < 1.29 is 9.47 Å². The predicted molar refractivity (Wildman–Crippen MR) is 79.2 cm³/mol. The minimum absolute atomic E-state index is 0.555. The van der Waals surface area contributed by atoms with E-state index < -0.39 is 0 Å². The molecule has 1 N–H and O–H groups in total. The van der Waals surface area contributed by atoms with Gasteiger partial charge in [-0.05, 0) is 20.4 Å². The molecule has 1 unspecified atom stereocenters. The van der Waals surface area contributed by atoms with Gasteiger partial charge in [0.25, 0.3) is 0 Å². The number of ether oxygens (including phenoxy) is 2. The van der Waals surface area contributed by atoms with E-state index >= 15 is 0 Å². The Morgan fingerprint density at radius 2 is 1.85 bits per heavy atom. The Bertz CT molecular complexity index is 379. The van der Waals surface area contributed by atoms with E-state index in [1.807, 2.05) is 0 Å². The van der Waals surface area contributed by atoms with Gasteiger partial charge in [-0.2, -0.15) is 0 Å². The molecule has 114 valence electrons. The van der Waals surface area contributed by atoms with Crippen molar-refractivity contribution in [2.75, 3.05) is 34.4 Å². The monoisotopic (exact) mass is 282 g/mol. The molecule has 0 saturated heterocycles. The van der Waals surface area contributed by atoms with Crippen molar-refractivity contribution in [3.63, 3.8) is 0 Å². The molecule has 0 aliphatic carbocycles. The molecule has 0 amide bonds. The average Bonchev–Trinajstić information content (AvgIpc) is 2.49. The summed E-state index contributed by atoms with van der Waals surface area (Å²) < 4.78 is 10.5. The van der Waals surface area contributed by atoms with Crippen molar-refractivity contribution >= 4 is 0 Å². The number of aromatic nitrogens is 2. The van der Waals surface area contributed by atoms with Crippen molar-refractivity contribution in [1.82, 2.24) is 20.2 Å². The van der Waals surface area contributed by atoms with Crippen LogP contribution in [0.4, 0.5) is 0 Å². The summed E-state index contributed by atoms with van der Waals surface area (Å²) in [5, 5.41) is 3.38. The Hall–Kier alpha value is -1.40. The predicted octanol–water partition coefficient (Wildman–Crippen LogP) is 1.31. The standard InChI is InChI=1S/C14H26N4O2/c1-6-11(2)18(3)8-7-15-9-12-13(19-4)16-10-17-14(12)20-5/h10-11,15H,6-9H2,1-5H3. The van der Waals surface area contributed by atoms with Crippen LogP contribution in [0.25, 0.3) is 0 Å². The molecular formula is C14H26N4O2. The molecule has 0 spiro atoms. The van der Waals surface area contributed by atoms with Gasteiger partial charge >= 0.3 is 0 Å². The normalized spacial score (nSPS) is 12.5. The third-order valence-electron chi connectivity index (χ3n) is 3.54. The second-order valence-electron chi connectivity index (χ2n) is 4.79. The van der Waals surface area contributed by atoms with E-state index in [9.17, 15) is 0 Å². The van der Waals surface area contributed by atoms with Crippen molar-refractivity contribution in [1.29, 1.82) is 0 Å². The fraction of sp³-hybridized carbons (Fsp3) is 0.714. The zero-order valence-corrected chi connectivity index (χ0v) is 13.1. The lowest BCUT2D eigenvalue weighted by Gasteiger charge is -2.23. The zero-order valence-electron chi connectivity index (χ0n) is 13.1. The lowest BCUT2D eigenvalue weighted by Crippen LogP contribution is -2.34. The lowest BCUT2D eigenvalue weighted by atomic mass is 10.2. The maximum absolute atomic E-state index is 5.24. The summed E-state index contributed by atoms with van der Waals surface area (Å²) in [5.74, 6) is 1.11. The van der Waals surface area contributed by atoms with Gasteiger partial charge in [0, 0.05) is 25.7 Å². The minimum atomic E-state index is 0.555. The summed E-state index contributed by atoms with van der Waals surface area (Å²) in [5.41, 5.74) is 0.851. The van der Waals surface area contributed by atoms with Gasteiger partial charge in [0.15, 0.2) is 0 Å². The number of likely N-dealkylation sites (N-methyl/N-ethyl adjacent to an activating group) is 1. The quantitative estimate of drug-likeness (QED) is 0.689. The molecule has 0 saturated carbocycles. The van der Waals surface area contributed by atoms with E-state index in [2.05, 4.69) is 41.1 Å². The number of hydrogen-bond donors (Lipinski definition) is 1. The molecule has 1 atom stereocenters. The van der Waals surface area contributed by atoms with Gasteiger partial charge in [0.1, 0.15) is 6.33 Å². The fourth-order valence-corrected chi connectivity index (χ4v) is 1.88. The van der Waals surface area contributed by atoms with Gasteiger partial charge in [0.05, 0.1) is 19.8 Å². The first kappa shape index (κ1) is 16.7. The van der Waals surface area contributed by atoms with Crippen molar-refractivity contribution in [3.05, 3.63) is 11.9 Å². The molecular weight excluding hydrogens is 256 g/mol. The van der Waals surface area contributed by atoms with Crippen LogP contribution in [0.1, 0.15) is 25.8 Å². The number of nitrogens with zero attached hydrogens (tertiary/aromatic N) is 3. The van der Waals surface area contributed by atoms with E-state index in [1.165, 1.54) is 6.33 Å². The minimum Gasteiger partial charge on any atom is -0.481 e. The molecule has 1 heterocycles. The van der Waals surface area contributed by atoms with Crippen LogP contribution >= 0.6 is 0 Å². The Morgan fingerprint density at radius 1 is 1.25 bits per heavy atom. The average molecular weight is 282 g/mol. The molecule has 1 rings (SSSR count). The molecule has 1 aromatic heterocycles. The van der Waals surface area contributed by atoms with Crippen LogP contribution < -0.4 is 14.8 Å². The third-order valence-corrected chi connectivity index (χ3v) is 3.54. The Morgan fingerprint density at radius 3 is 2.35 bits per heavy atom. The number of methoxy groups -OCH3 is 2. The smallest absolute Gasteiger partial charge is 0.224 e. The second kappa shape index (κ2) is 8.71. The molecule has 0 aliphatic rings. The first-order chi connectivity index (χ1) is 9.63. The Labute approximate surface area is 121 Å². The van der Waals surface area contributed by atoms with Crippen LogP contribution in [-0.2, 0) is 6.54 Å². The van der Waals surface area contributed by atoms with Gasteiger partial charge in [-0.25, -0.2) is 9.97 Å². The Balaban J connectivity index is 2.49. The Kier molecular flexibility index (Phi) is 7.25. The van der Waals surface area contributed by atoms with E-state index in [0.717, 1.165) is 25.1 Å². The SMILES string of the molecule is CCC(C)N(C)CCNCc1c(OC)ncnc1OC. The maximum Gasteiger partial charge on any atom is 0.224 e. The zero-order chi connectivity index (χ0) is 15.0. The van der Waals surface area contributed by atoms with Crippen LogP contribution in [0, 0.1) is 0 Å². The van der Waals surface area contributed by atoms with E-state index in [-0.39, 0.29) is 0 Å². The van der Waals surface area contributed by atoms with Crippen LogP contribution in [0.2, 0.25) is 0 Å². The summed E-state index contributed by atoms with van der Waals surface area (Å²) >= 11 is 0. The molecule has 0 radical (unpaired) electrons. The summed E-state index contributed by atoms with van der Waals surface area (Å²) in [4.78, 5) is 10.5. The molecule has 1 aromatic rings. The van der Waals surface area contributed by atoms with Gasteiger partial charge in [-0.3, -0.25) is 0 Å². The van der Waals surface area contributed by atoms with E-state index in [1.54, 1.807) is 14.2 Å². The van der Waals surface area contributed by atoms with Gasteiger partial charge in [-0.15, -0.1) is 0 Å². The number of nitrogens with one attached hydrogen (secondary N) is 1. The van der Waals surface area contributed by atoms with Crippen LogP contribution in [0.5, 0.6) is 11.8 Å². The molecule has 0 aliphatic heterocycles. The topological polar surface area (TPSA) is 59.5 Å².